The largest absolute Gasteiger partial charge is 0.322 e. The standard InChI is InChI=1S/C20H15F2N3O4/c21-10-4-5-12(14(22)8-10)18(27)23-15-3-1-2-11-13(15)9-25(20(11)29)16-6-7-17(26)24-19(16)28/h1-5,8,16H,6-7,9H2,(H,23,27)(H,24,26,28). The number of imide groups is 1. The van der Waals surface area contributed by atoms with Gasteiger partial charge in [-0.05, 0) is 30.7 Å². The highest BCUT2D eigenvalue weighted by Gasteiger charge is 2.40. The van der Waals surface area contributed by atoms with Gasteiger partial charge in [-0.3, -0.25) is 24.5 Å². The van der Waals surface area contributed by atoms with Crippen LogP contribution in [-0.4, -0.2) is 34.6 Å². The molecule has 0 radical (unpaired) electrons. The lowest BCUT2D eigenvalue weighted by Gasteiger charge is -2.29. The summed E-state index contributed by atoms with van der Waals surface area (Å²) in [4.78, 5) is 50.0. The van der Waals surface area contributed by atoms with E-state index in [9.17, 15) is 28.0 Å². The van der Waals surface area contributed by atoms with Crippen molar-refractivity contribution in [2.45, 2.75) is 25.4 Å². The van der Waals surface area contributed by atoms with Crippen molar-refractivity contribution in [3.05, 3.63) is 64.7 Å². The molecule has 0 bridgehead atoms. The molecule has 2 N–H and O–H groups in total. The molecule has 2 aromatic rings. The van der Waals surface area contributed by atoms with Crippen LogP contribution in [0.5, 0.6) is 0 Å². The number of nitrogens with zero attached hydrogens (tertiary/aromatic N) is 1. The zero-order valence-corrected chi connectivity index (χ0v) is 15.0. The molecule has 9 heteroatoms. The highest BCUT2D eigenvalue weighted by molar-refractivity contribution is 6.08. The van der Waals surface area contributed by atoms with Gasteiger partial charge < -0.3 is 10.2 Å². The molecule has 148 valence electrons. The predicted molar refractivity (Wildman–Crippen MR) is 96.8 cm³/mol. The van der Waals surface area contributed by atoms with E-state index in [-0.39, 0.29) is 30.9 Å². The van der Waals surface area contributed by atoms with Crippen molar-refractivity contribution in [3.63, 3.8) is 0 Å². The average molecular weight is 399 g/mol. The van der Waals surface area contributed by atoms with Crippen molar-refractivity contribution >= 4 is 29.3 Å². The molecule has 1 unspecified atom stereocenters. The molecule has 0 spiro atoms. The van der Waals surface area contributed by atoms with Crippen LogP contribution in [0, 0.1) is 11.6 Å². The quantitative estimate of drug-likeness (QED) is 0.772. The monoisotopic (exact) mass is 399 g/mol. The fourth-order valence-electron chi connectivity index (χ4n) is 3.57. The maximum absolute atomic E-state index is 13.9. The first kappa shape index (κ1) is 18.7. The molecule has 2 aliphatic rings. The van der Waals surface area contributed by atoms with Gasteiger partial charge in [-0.2, -0.15) is 0 Å². The second kappa shape index (κ2) is 7.08. The summed E-state index contributed by atoms with van der Waals surface area (Å²) in [5, 5.41) is 4.77. The van der Waals surface area contributed by atoms with Crippen LogP contribution in [0.2, 0.25) is 0 Å². The molecule has 29 heavy (non-hydrogen) atoms. The van der Waals surface area contributed by atoms with Crippen LogP contribution >= 0.6 is 0 Å². The highest BCUT2D eigenvalue weighted by atomic mass is 19.1. The highest BCUT2D eigenvalue weighted by Crippen LogP contribution is 2.32. The SMILES string of the molecule is O=C1CCC(N2Cc3c(NC(=O)c4ccc(F)cc4F)cccc3C2=O)C(=O)N1. The van der Waals surface area contributed by atoms with E-state index in [2.05, 4.69) is 10.6 Å². The lowest BCUT2D eigenvalue weighted by molar-refractivity contribution is -0.136. The van der Waals surface area contributed by atoms with Gasteiger partial charge in [0.05, 0.1) is 5.56 Å². The molecule has 1 atom stereocenters. The average Bonchev–Trinajstić information content (AvgIpc) is 2.99. The minimum atomic E-state index is -1.00. The number of fused-ring (bicyclic) bond motifs is 1. The topological polar surface area (TPSA) is 95.6 Å². The molecular formula is C20H15F2N3O4. The van der Waals surface area contributed by atoms with Gasteiger partial charge in [-0.15, -0.1) is 0 Å². The number of amides is 4. The van der Waals surface area contributed by atoms with E-state index in [4.69, 9.17) is 0 Å². The summed E-state index contributed by atoms with van der Waals surface area (Å²) in [5.74, 6) is -3.91. The van der Waals surface area contributed by atoms with Crippen molar-refractivity contribution in [3.8, 4) is 0 Å². The van der Waals surface area contributed by atoms with Gasteiger partial charge in [0.1, 0.15) is 17.7 Å². The zero-order chi connectivity index (χ0) is 20.7. The summed E-state index contributed by atoms with van der Waals surface area (Å²) in [6.45, 7) is 0.0583. The summed E-state index contributed by atoms with van der Waals surface area (Å²) in [7, 11) is 0. The molecule has 2 aliphatic heterocycles. The number of hydrogen-bond donors (Lipinski definition) is 2. The Morgan fingerprint density at radius 1 is 1.14 bits per heavy atom. The van der Waals surface area contributed by atoms with Crippen molar-refractivity contribution in [2.24, 2.45) is 0 Å². The molecule has 2 heterocycles. The number of benzene rings is 2. The van der Waals surface area contributed by atoms with Crippen LogP contribution in [0.4, 0.5) is 14.5 Å². The zero-order valence-electron chi connectivity index (χ0n) is 15.0. The number of nitrogens with one attached hydrogen (secondary N) is 2. The Kier molecular flexibility index (Phi) is 4.57. The van der Waals surface area contributed by atoms with Gasteiger partial charge >= 0.3 is 0 Å². The van der Waals surface area contributed by atoms with Crippen molar-refractivity contribution in [1.29, 1.82) is 0 Å². The van der Waals surface area contributed by atoms with Crippen LogP contribution < -0.4 is 10.6 Å². The second-order valence-corrected chi connectivity index (χ2v) is 6.81. The number of hydrogen-bond acceptors (Lipinski definition) is 4. The number of piperidine rings is 1. The number of carbonyl (C=O) groups is 4. The Hall–Kier alpha value is -3.62. The van der Waals surface area contributed by atoms with Gasteiger partial charge in [0.2, 0.25) is 11.8 Å². The third-order valence-corrected chi connectivity index (χ3v) is 5.01. The Morgan fingerprint density at radius 2 is 1.93 bits per heavy atom. The van der Waals surface area contributed by atoms with E-state index in [0.717, 1.165) is 12.1 Å². The molecule has 4 rings (SSSR count). The summed E-state index contributed by atoms with van der Waals surface area (Å²) in [6.07, 6.45) is 0.344. The summed E-state index contributed by atoms with van der Waals surface area (Å²) in [5.41, 5.74) is 0.750. The third-order valence-electron chi connectivity index (χ3n) is 5.01. The lowest BCUT2D eigenvalue weighted by Crippen LogP contribution is -2.52. The Bertz CT molecular complexity index is 1070. The number of rotatable bonds is 3. The summed E-state index contributed by atoms with van der Waals surface area (Å²) in [6, 6.07) is 6.51. The third kappa shape index (κ3) is 3.35. The van der Waals surface area contributed by atoms with E-state index < -0.39 is 35.4 Å². The molecule has 1 saturated heterocycles. The van der Waals surface area contributed by atoms with Crippen LogP contribution in [0.1, 0.15) is 39.1 Å². The van der Waals surface area contributed by atoms with Crippen LogP contribution in [-0.2, 0) is 16.1 Å². The van der Waals surface area contributed by atoms with Gasteiger partial charge in [-0.1, -0.05) is 6.07 Å². The molecule has 0 saturated carbocycles. The van der Waals surface area contributed by atoms with Gasteiger partial charge in [0, 0.05) is 35.8 Å². The number of carbonyl (C=O) groups excluding carboxylic acids is 4. The normalized spacial score (nSPS) is 18.5. The Morgan fingerprint density at radius 3 is 2.66 bits per heavy atom. The summed E-state index contributed by atoms with van der Waals surface area (Å²) < 4.78 is 27.0. The minimum absolute atomic E-state index is 0.0583. The Labute approximate surface area is 163 Å². The van der Waals surface area contributed by atoms with E-state index in [1.165, 1.54) is 4.90 Å². The van der Waals surface area contributed by atoms with Crippen molar-refractivity contribution in [1.82, 2.24) is 10.2 Å². The molecule has 7 nitrogen and oxygen atoms in total. The molecule has 0 aromatic heterocycles. The first-order valence-electron chi connectivity index (χ1n) is 8.88. The maximum atomic E-state index is 13.9. The van der Waals surface area contributed by atoms with E-state index in [0.29, 0.717) is 22.9 Å². The van der Waals surface area contributed by atoms with Gasteiger partial charge in [0.15, 0.2) is 0 Å². The van der Waals surface area contributed by atoms with Gasteiger partial charge in [0.25, 0.3) is 11.8 Å². The van der Waals surface area contributed by atoms with Crippen LogP contribution in [0.3, 0.4) is 0 Å². The van der Waals surface area contributed by atoms with E-state index in [1.54, 1.807) is 18.2 Å². The van der Waals surface area contributed by atoms with Crippen LogP contribution in [0.25, 0.3) is 0 Å². The van der Waals surface area contributed by atoms with Crippen LogP contribution in [0.15, 0.2) is 36.4 Å². The first-order valence-corrected chi connectivity index (χ1v) is 8.88. The van der Waals surface area contributed by atoms with E-state index >= 15 is 0 Å². The molecule has 2 aromatic carbocycles. The fourth-order valence-corrected chi connectivity index (χ4v) is 3.57. The molecular weight excluding hydrogens is 384 g/mol. The minimum Gasteiger partial charge on any atom is -0.322 e. The summed E-state index contributed by atoms with van der Waals surface area (Å²) >= 11 is 0. The first-order chi connectivity index (χ1) is 13.8. The smallest absolute Gasteiger partial charge is 0.258 e. The maximum Gasteiger partial charge on any atom is 0.258 e. The second-order valence-electron chi connectivity index (χ2n) is 6.81. The van der Waals surface area contributed by atoms with Crippen molar-refractivity contribution < 1.29 is 28.0 Å². The lowest BCUT2D eigenvalue weighted by atomic mass is 10.0. The predicted octanol–water partition coefficient (Wildman–Crippen LogP) is 1.98. The van der Waals surface area contributed by atoms with Gasteiger partial charge in [-0.25, -0.2) is 8.78 Å². The number of anilines is 1. The molecule has 1 fully saturated rings. The van der Waals surface area contributed by atoms with Crippen molar-refractivity contribution in [2.75, 3.05) is 5.32 Å². The fraction of sp³-hybridized carbons (Fsp3) is 0.200. The number of halogens is 2. The molecule has 4 amide bonds. The molecule has 0 aliphatic carbocycles. The Balaban J connectivity index is 1.59. The van der Waals surface area contributed by atoms with E-state index in [1.807, 2.05) is 0 Å².